The van der Waals surface area contributed by atoms with Crippen molar-refractivity contribution in [2.45, 2.75) is 6.54 Å². The highest BCUT2D eigenvalue weighted by Gasteiger charge is 2.10. The van der Waals surface area contributed by atoms with Crippen LogP contribution in [0.25, 0.3) is 27.6 Å². The van der Waals surface area contributed by atoms with E-state index in [1.807, 2.05) is 72.8 Å². The smallest absolute Gasteiger partial charge is 0.185 e. The Bertz CT molecular complexity index is 1220. The van der Waals surface area contributed by atoms with E-state index in [1.54, 1.807) is 15.9 Å². The van der Waals surface area contributed by atoms with Crippen LogP contribution in [0.2, 0.25) is 0 Å². The number of rotatable bonds is 5. The third kappa shape index (κ3) is 3.21. The van der Waals surface area contributed by atoms with Crippen LogP contribution in [0.4, 0.5) is 5.82 Å². The lowest BCUT2D eigenvalue weighted by molar-refractivity contribution is 0.916. The van der Waals surface area contributed by atoms with Crippen molar-refractivity contribution >= 4 is 22.8 Å². The molecule has 0 unspecified atom stereocenters. The van der Waals surface area contributed by atoms with E-state index in [9.17, 15) is 0 Å². The maximum absolute atomic E-state index is 4.63. The van der Waals surface area contributed by atoms with E-state index in [1.165, 1.54) is 0 Å². The molecule has 1 N–H and O–H groups in total. The van der Waals surface area contributed by atoms with Gasteiger partial charge in [0.15, 0.2) is 11.5 Å². The van der Waals surface area contributed by atoms with Gasteiger partial charge in [0.1, 0.15) is 15.8 Å². The van der Waals surface area contributed by atoms with E-state index in [-0.39, 0.29) is 0 Å². The fourth-order valence-electron chi connectivity index (χ4n) is 2.84. The minimum Gasteiger partial charge on any atom is -0.362 e. The summed E-state index contributed by atoms with van der Waals surface area (Å²) in [4.78, 5) is 0. The summed E-state index contributed by atoms with van der Waals surface area (Å²) in [6, 6.07) is 23.7. The van der Waals surface area contributed by atoms with Gasteiger partial charge < -0.3 is 5.32 Å². The lowest BCUT2D eigenvalue weighted by atomic mass is 10.2. The average Bonchev–Trinajstić information content (AvgIpc) is 3.40. The molecule has 0 amide bonds. The molecule has 0 saturated heterocycles. The van der Waals surface area contributed by atoms with Gasteiger partial charge in [-0.2, -0.15) is 4.52 Å². The highest BCUT2D eigenvalue weighted by Crippen LogP contribution is 2.23. The number of nitrogens with zero attached hydrogens (tertiary/aromatic N) is 6. The van der Waals surface area contributed by atoms with Crippen molar-refractivity contribution in [2.24, 2.45) is 0 Å². The standard InChI is InChI=1S/C20H15N7S/c1-3-7-14(8-4-1)19-24-22-17-12-11-16(26-27(17)19)21-13-18-23-25-20(28-18)15-9-5-2-6-10-15/h1-12H,13H2,(H,21,26). The minimum absolute atomic E-state index is 0.547. The van der Waals surface area contributed by atoms with Gasteiger partial charge in [0.2, 0.25) is 0 Å². The maximum Gasteiger partial charge on any atom is 0.185 e. The van der Waals surface area contributed by atoms with Gasteiger partial charge in [-0.15, -0.1) is 25.5 Å². The molecule has 5 aromatic rings. The van der Waals surface area contributed by atoms with Gasteiger partial charge in [-0.05, 0) is 12.1 Å². The fourth-order valence-corrected chi connectivity index (χ4v) is 3.62. The number of anilines is 1. The minimum atomic E-state index is 0.547. The van der Waals surface area contributed by atoms with Gasteiger partial charge >= 0.3 is 0 Å². The molecule has 0 fully saturated rings. The summed E-state index contributed by atoms with van der Waals surface area (Å²) >= 11 is 1.57. The lowest BCUT2D eigenvalue weighted by Crippen LogP contribution is -2.04. The fraction of sp³-hybridized carbons (Fsp3) is 0.0500. The third-order valence-corrected chi connectivity index (χ3v) is 5.18. The van der Waals surface area contributed by atoms with Crippen molar-refractivity contribution in [3.8, 4) is 22.0 Å². The lowest BCUT2D eigenvalue weighted by Gasteiger charge is -2.04. The molecule has 0 aliphatic heterocycles. The molecular weight excluding hydrogens is 370 g/mol. The number of hydrogen-bond donors (Lipinski definition) is 1. The third-order valence-electron chi connectivity index (χ3n) is 4.20. The van der Waals surface area contributed by atoms with E-state index >= 15 is 0 Å². The van der Waals surface area contributed by atoms with Crippen LogP contribution in [-0.4, -0.2) is 30.0 Å². The van der Waals surface area contributed by atoms with Crippen molar-refractivity contribution in [3.63, 3.8) is 0 Å². The summed E-state index contributed by atoms with van der Waals surface area (Å²) in [5.74, 6) is 1.43. The van der Waals surface area contributed by atoms with Gasteiger partial charge in [0, 0.05) is 11.1 Å². The molecule has 5 rings (SSSR count). The number of benzene rings is 2. The van der Waals surface area contributed by atoms with Crippen molar-refractivity contribution in [1.82, 2.24) is 30.0 Å². The molecular formula is C20H15N7S. The normalized spacial score (nSPS) is 11.0. The van der Waals surface area contributed by atoms with Gasteiger partial charge in [0.25, 0.3) is 0 Å². The van der Waals surface area contributed by atoms with Gasteiger partial charge in [0.05, 0.1) is 6.54 Å². The monoisotopic (exact) mass is 385 g/mol. The molecule has 8 heteroatoms. The molecule has 3 aromatic heterocycles. The summed E-state index contributed by atoms with van der Waals surface area (Å²) in [5.41, 5.74) is 2.74. The maximum atomic E-state index is 4.63. The first-order valence-electron chi connectivity index (χ1n) is 8.76. The Kier molecular flexibility index (Phi) is 4.23. The molecule has 0 spiro atoms. The Morgan fingerprint density at radius 1 is 0.750 bits per heavy atom. The molecule has 0 atom stereocenters. The van der Waals surface area contributed by atoms with Crippen molar-refractivity contribution in [2.75, 3.05) is 5.32 Å². The average molecular weight is 385 g/mol. The topological polar surface area (TPSA) is 80.9 Å². The molecule has 0 radical (unpaired) electrons. The number of nitrogens with one attached hydrogen (secondary N) is 1. The Morgan fingerprint density at radius 3 is 2.29 bits per heavy atom. The second kappa shape index (κ2) is 7.16. The summed E-state index contributed by atoms with van der Waals surface area (Å²) in [6.07, 6.45) is 0. The predicted octanol–water partition coefficient (Wildman–Crippen LogP) is 3.92. The van der Waals surface area contributed by atoms with Crippen molar-refractivity contribution < 1.29 is 0 Å². The van der Waals surface area contributed by atoms with Crippen LogP contribution in [0.15, 0.2) is 72.8 Å². The zero-order chi connectivity index (χ0) is 18.8. The highest BCUT2D eigenvalue weighted by molar-refractivity contribution is 7.14. The van der Waals surface area contributed by atoms with Crippen LogP contribution >= 0.6 is 11.3 Å². The quantitative estimate of drug-likeness (QED) is 0.494. The van der Waals surface area contributed by atoms with Gasteiger partial charge in [-0.1, -0.05) is 72.0 Å². The Morgan fingerprint density at radius 2 is 1.50 bits per heavy atom. The SMILES string of the molecule is c1ccc(-c2nnc(CNc3ccc4nnc(-c5ccccc5)n4n3)s2)cc1. The second-order valence-electron chi connectivity index (χ2n) is 6.10. The highest BCUT2D eigenvalue weighted by atomic mass is 32.1. The van der Waals surface area contributed by atoms with Crippen LogP contribution in [-0.2, 0) is 6.54 Å². The number of hydrogen-bond acceptors (Lipinski definition) is 7. The molecule has 0 saturated carbocycles. The van der Waals surface area contributed by atoms with Gasteiger partial charge in [-0.25, -0.2) is 0 Å². The zero-order valence-electron chi connectivity index (χ0n) is 14.7. The summed E-state index contributed by atoms with van der Waals surface area (Å²) in [6.45, 7) is 0.547. The van der Waals surface area contributed by atoms with Crippen LogP contribution in [0, 0.1) is 0 Å². The largest absolute Gasteiger partial charge is 0.362 e. The van der Waals surface area contributed by atoms with Crippen molar-refractivity contribution in [1.29, 1.82) is 0 Å². The van der Waals surface area contributed by atoms with Crippen LogP contribution in [0.3, 0.4) is 0 Å². The molecule has 136 valence electrons. The number of aromatic nitrogens is 6. The Hall–Kier alpha value is -3.65. The molecule has 0 aliphatic carbocycles. The predicted molar refractivity (Wildman–Crippen MR) is 109 cm³/mol. The molecule has 7 nitrogen and oxygen atoms in total. The first-order chi connectivity index (χ1) is 13.9. The van der Waals surface area contributed by atoms with E-state index in [4.69, 9.17) is 0 Å². The Balaban J connectivity index is 1.37. The molecule has 28 heavy (non-hydrogen) atoms. The second-order valence-corrected chi connectivity index (χ2v) is 7.16. The molecule has 3 heterocycles. The number of fused-ring (bicyclic) bond motifs is 1. The van der Waals surface area contributed by atoms with Crippen molar-refractivity contribution in [3.05, 3.63) is 77.8 Å². The molecule has 2 aromatic carbocycles. The summed E-state index contributed by atoms with van der Waals surface area (Å²) in [5, 5.41) is 26.7. The summed E-state index contributed by atoms with van der Waals surface area (Å²) < 4.78 is 1.74. The summed E-state index contributed by atoms with van der Waals surface area (Å²) in [7, 11) is 0. The molecule has 0 bridgehead atoms. The van der Waals surface area contributed by atoms with Crippen LogP contribution in [0.5, 0.6) is 0 Å². The Labute approximate surface area is 164 Å². The van der Waals surface area contributed by atoms with Gasteiger partial charge in [-0.3, -0.25) is 0 Å². The molecule has 0 aliphatic rings. The van der Waals surface area contributed by atoms with E-state index < -0.39 is 0 Å². The van der Waals surface area contributed by atoms with E-state index in [2.05, 4.69) is 30.8 Å². The first kappa shape index (κ1) is 16.5. The van der Waals surface area contributed by atoms with Crippen LogP contribution < -0.4 is 5.32 Å². The zero-order valence-corrected chi connectivity index (χ0v) is 15.5. The van der Waals surface area contributed by atoms with E-state index in [0.717, 1.165) is 27.0 Å². The van der Waals surface area contributed by atoms with Crippen LogP contribution in [0.1, 0.15) is 5.01 Å². The first-order valence-corrected chi connectivity index (χ1v) is 9.58. The van der Waals surface area contributed by atoms with E-state index in [0.29, 0.717) is 18.0 Å².